The third kappa shape index (κ3) is 3.35. The van der Waals surface area contributed by atoms with Crippen molar-refractivity contribution >= 4 is 5.84 Å². The molecular weight excluding hydrogens is 252 g/mol. The fourth-order valence-corrected chi connectivity index (χ4v) is 1.27. The summed E-state index contributed by atoms with van der Waals surface area (Å²) in [6.07, 6.45) is -3.77. The van der Waals surface area contributed by atoms with Crippen LogP contribution in [0.3, 0.4) is 0 Å². The summed E-state index contributed by atoms with van der Waals surface area (Å²) in [6.45, 7) is 0.207. The van der Waals surface area contributed by atoms with Crippen LogP contribution in [-0.2, 0) is 0 Å². The normalized spacial score (nSPS) is 11.7. The first-order valence-corrected chi connectivity index (χ1v) is 4.98. The average Bonchev–Trinajstić information content (AvgIpc) is 2.25. The Labute approximate surface area is 101 Å². The number of aryl methyl sites for hydroxylation is 1. The van der Waals surface area contributed by atoms with Crippen molar-refractivity contribution in [2.45, 2.75) is 19.3 Å². The van der Waals surface area contributed by atoms with E-state index >= 15 is 0 Å². The molecule has 0 saturated heterocycles. The average molecular weight is 264 g/mol. The van der Waals surface area contributed by atoms with E-state index in [-0.39, 0.29) is 11.6 Å². The number of benzene rings is 1. The zero-order valence-electron chi connectivity index (χ0n) is 9.51. The van der Waals surface area contributed by atoms with Crippen molar-refractivity contribution < 1.29 is 22.3 Å². The van der Waals surface area contributed by atoms with Crippen molar-refractivity contribution in [2.75, 3.05) is 6.61 Å². The van der Waals surface area contributed by atoms with Crippen molar-refractivity contribution in [3.8, 4) is 5.75 Å². The maximum Gasteiger partial charge on any atom is 0.340 e. The molecule has 1 aromatic rings. The predicted octanol–water partition coefficient (Wildman–Crippen LogP) is 2.56. The standard InChI is InChI=1S/C11H12F4N2O/c1-6-4-7(2-3-8(6)9(16)17)18-5-11(14,15)10(12)13/h2-4,10H,5H2,1H3,(H3,16,17). The van der Waals surface area contributed by atoms with Crippen molar-refractivity contribution in [2.24, 2.45) is 5.73 Å². The van der Waals surface area contributed by atoms with Crippen molar-refractivity contribution in [3.05, 3.63) is 29.3 Å². The molecule has 0 atom stereocenters. The summed E-state index contributed by atoms with van der Waals surface area (Å²) in [5, 5.41) is 7.22. The number of nitrogen functional groups attached to an aromatic ring is 1. The lowest BCUT2D eigenvalue weighted by atomic mass is 10.1. The van der Waals surface area contributed by atoms with Crippen LogP contribution in [0.1, 0.15) is 11.1 Å². The molecule has 7 heteroatoms. The summed E-state index contributed by atoms with van der Waals surface area (Å²) in [5.41, 5.74) is 6.25. The van der Waals surface area contributed by atoms with Crippen LogP contribution in [0.5, 0.6) is 5.75 Å². The van der Waals surface area contributed by atoms with Crippen molar-refractivity contribution in [3.63, 3.8) is 0 Å². The fraction of sp³-hybridized carbons (Fsp3) is 0.364. The Kier molecular flexibility index (Phi) is 4.15. The Balaban J connectivity index is 2.76. The molecule has 100 valence electrons. The highest BCUT2D eigenvalue weighted by Gasteiger charge is 2.41. The second kappa shape index (κ2) is 5.24. The number of alkyl halides is 4. The first-order valence-electron chi connectivity index (χ1n) is 4.98. The van der Waals surface area contributed by atoms with Crippen LogP contribution in [0.25, 0.3) is 0 Å². The maximum atomic E-state index is 12.6. The second-order valence-electron chi connectivity index (χ2n) is 3.74. The zero-order valence-corrected chi connectivity index (χ0v) is 9.51. The van der Waals surface area contributed by atoms with Gasteiger partial charge in [-0.05, 0) is 30.7 Å². The van der Waals surface area contributed by atoms with Gasteiger partial charge >= 0.3 is 12.3 Å². The van der Waals surface area contributed by atoms with Crippen LogP contribution in [0, 0.1) is 12.3 Å². The number of hydrogen-bond acceptors (Lipinski definition) is 2. The van der Waals surface area contributed by atoms with Gasteiger partial charge in [-0.3, -0.25) is 5.41 Å². The van der Waals surface area contributed by atoms with E-state index in [9.17, 15) is 17.6 Å². The lowest BCUT2D eigenvalue weighted by Crippen LogP contribution is -2.33. The minimum Gasteiger partial charge on any atom is -0.487 e. The number of hydrogen-bond donors (Lipinski definition) is 2. The smallest absolute Gasteiger partial charge is 0.340 e. The summed E-state index contributed by atoms with van der Waals surface area (Å²) < 4.78 is 53.6. The number of halogens is 4. The van der Waals surface area contributed by atoms with Crippen LogP contribution in [0.4, 0.5) is 17.6 Å². The van der Waals surface area contributed by atoms with Gasteiger partial charge in [-0.15, -0.1) is 0 Å². The molecule has 0 spiro atoms. The third-order valence-corrected chi connectivity index (χ3v) is 2.24. The molecule has 0 aliphatic rings. The van der Waals surface area contributed by atoms with Gasteiger partial charge in [-0.2, -0.15) is 8.78 Å². The molecule has 0 aliphatic heterocycles. The van der Waals surface area contributed by atoms with E-state index in [4.69, 9.17) is 11.1 Å². The van der Waals surface area contributed by atoms with Gasteiger partial charge in [0, 0.05) is 5.56 Å². The van der Waals surface area contributed by atoms with Crippen LogP contribution < -0.4 is 10.5 Å². The van der Waals surface area contributed by atoms with E-state index < -0.39 is 19.0 Å². The Hall–Kier alpha value is -1.79. The van der Waals surface area contributed by atoms with E-state index in [2.05, 4.69) is 4.74 Å². The van der Waals surface area contributed by atoms with E-state index in [1.54, 1.807) is 6.92 Å². The first-order chi connectivity index (χ1) is 8.24. The molecule has 0 fully saturated rings. The fourth-order valence-electron chi connectivity index (χ4n) is 1.27. The summed E-state index contributed by atoms with van der Waals surface area (Å²) in [4.78, 5) is 0. The second-order valence-corrected chi connectivity index (χ2v) is 3.74. The van der Waals surface area contributed by atoms with Gasteiger partial charge in [0.1, 0.15) is 11.6 Å². The molecule has 0 saturated carbocycles. The Morgan fingerprint density at radius 1 is 1.44 bits per heavy atom. The SMILES string of the molecule is Cc1cc(OCC(F)(F)C(F)F)ccc1C(=N)N. The molecule has 3 nitrogen and oxygen atoms in total. The van der Waals surface area contributed by atoms with E-state index in [0.717, 1.165) is 0 Å². The van der Waals surface area contributed by atoms with Gasteiger partial charge in [-0.25, -0.2) is 8.78 Å². The quantitative estimate of drug-likeness (QED) is 0.488. The molecular formula is C11H12F4N2O. The highest BCUT2D eigenvalue weighted by atomic mass is 19.3. The molecule has 0 aromatic heterocycles. The Morgan fingerprint density at radius 3 is 2.50 bits per heavy atom. The zero-order chi connectivity index (χ0) is 13.9. The van der Waals surface area contributed by atoms with Crippen LogP contribution >= 0.6 is 0 Å². The largest absolute Gasteiger partial charge is 0.487 e. The summed E-state index contributed by atoms with van der Waals surface area (Å²) >= 11 is 0. The monoisotopic (exact) mass is 264 g/mol. The molecule has 0 radical (unpaired) electrons. The van der Waals surface area contributed by atoms with E-state index in [1.165, 1.54) is 18.2 Å². The first kappa shape index (κ1) is 14.3. The Morgan fingerprint density at radius 2 is 2.06 bits per heavy atom. The number of ether oxygens (including phenoxy) is 1. The van der Waals surface area contributed by atoms with Gasteiger partial charge in [-0.1, -0.05) is 0 Å². The topological polar surface area (TPSA) is 59.1 Å². The maximum absolute atomic E-state index is 12.6. The van der Waals surface area contributed by atoms with Crippen LogP contribution in [-0.4, -0.2) is 24.8 Å². The molecule has 0 heterocycles. The molecule has 1 rings (SSSR count). The van der Waals surface area contributed by atoms with E-state index in [1.807, 2.05) is 0 Å². The lowest BCUT2D eigenvalue weighted by Gasteiger charge is -2.16. The number of rotatable bonds is 5. The highest BCUT2D eigenvalue weighted by Crippen LogP contribution is 2.25. The van der Waals surface area contributed by atoms with Crippen molar-refractivity contribution in [1.29, 1.82) is 5.41 Å². The molecule has 0 unspecified atom stereocenters. The van der Waals surface area contributed by atoms with Gasteiger partial charge in [0.15, 0.2) is 6.61 Å². The minimum atomic E-state index is -4.19. The molecule has 0 bridgehead atoms. The number of nitrogens with one attached hydrogen (secondary N) is 1. The van der Waals surface area contributed by atoms with E-state index in [0.29, 0.717) is 11.1 Å². The van der Waals surface area contributed by atoms with Crippen molar-refractivity contribution in [1.82, 2.24) is 0 Å². The highest BCUT2D eigenvalue weighted by molar-refractivity contribution is 5.96. The number of nitrogens with two attached hydrogens (primary N) is 1. The summed E-state index contributed by atoms with van der Waals surface area (Å²) in [6, 6.07) is 4.07. The molecule has 1 aromatic carbocycles. The van der Waals surface area contributed by atoms with Crippen LogP contribution in [0.2, 0.25) is 0 Å². The van der Waals surface area contributed by atoms with Gasteiger partial charge in [0.25, 0.3) is 0 Å². The molecule has 0 amide bonds. The Bertz CT molecular complexity index is 449. The van der Waals surface area contributed by atoms with Gasteiger partial charge in [0.05, 0.1) is 0 Å². The molecule has 0 aliphatic carbocycles. The lowest BCUT2D eigenvalue weighted by molar-refractivity contribution is -0.148. The third-order valence-electron chi connectivity index (χ3n) is 2.24. The molecule has 3 N–H and O–H groups in total. The van der Waals surface area contributed by atoms with Gasteiger partial charge in [0.2, 0.25) is 0 Å². The van der Waals surface area contributed by atoms with Crippen LogP contribution in [0.15, 0.2) is 18.2 Å². The summed E-state index contributed by atoms with van der Waals surface area (Å²) in [5.74, 6) is -4.33. The minimum absolute atomic E-state index is 0.0258. The molecule has 18 heavy (non-hydrogen) atoms. The van der Waals surface area contributed by atoms with Gasteiger partial charge < -0.3 is 10.5 Å². The summed E-state index contributed by atoms with van der Waals surface area (Å²) in [7, 11) is 0. The predicted molar refractivity (Wildman–Crippen MR) is 58.6 cm³/mol. The number of amidine groups is 1.